The van der Waals surface area contributed by atoms with Crippen LogP contribution in [0.3, 0.4) is 0 Å². The van der Waals surface area contributed by atoms with Gasteiger partial charge in [0.25, 0.3) is 0 Å². The highest BCUT2D eigenvalue weighted by molar-refractivity contribution is 6.29. The first-order chi connectivity index (χ1) is 8.61. The molecule has 0 aromatic carbocycles. The maximum absolute atomic E-state index is 5.89. The first-order valence-corrected chi connectivity index (χ1v) is 7.06. The molecule has 4 nitrogen and oxygen atoms in total. The van der Waals surface area contributed by atoms with Gasteiger partial charge in [0.05, 0.1) is 0 Å². The number of nitrogens with one attached hydrogen (secondary N) is 1. The number of rotatable bonds is 3. The monoisotopic (exact) mass is 266 g/mol. The molecular weight excluding hydrogens is 248 g/mol. The lowest BCUT2D eigenvalue weighted by atomic mass is 9.84. The Morgan fingerprint density at radius 1 is 1.39 bits per heavy atom. The van der Waals surface area contributed by atoms with Crippen LogP contribution in [-0.4, -0.2) is 16.0 Å². The fourth-order valence-corrected chi connectivity index (χ4v) is 3.95. The van der Waals surface area contributed by atoms with E-state index in [1.165, 1.54) is 25.7 Å². The minimum Gasteiger partial charge on any atom is -0.368 e. The average molecular weight is 267 g/mol. The van der Waals surface area contributed by atoms with E-state index in [0.717, 1.165) is 23.6 Å². The fourth-order valence-electron chi connectivity index (χ4n) is 3.76. The molecular formula is C13H19ClN4. The molecule has 2 saturated carbocycles. The third-order valence-corrected chi connectivity index (χ3v) is 4.72. The van der Waals surface area contributed by atoms with Crippen molar-refractivity contribution in [2.45, 2.75) is 38.6 Å². The van der Waals surface area contributed by atoms with Gasteiger partial charge in [0, 0.05) is 12.1 Å². The summed E-state index contributed by atoms with van der Waals surface area (Å²) in [6.45, 7) is 2.23. The number of fused-ring (bicyclic) bond motifs is 2. The van der Waals surface area contributed by atoms with E-state index < -0.39 is 0 Å². The van der Waals surface area contributed by atoms with Gasteiger partial charge in [0.1, 0.15) is 11.0 Å². The summed E-state index contributed by atoms with van der Waals surface area (Å²) in [6, 6.07) is 2.16. The minimum atomic E-state index is 0.227. The maximum Gasteiger partial charge on any atom is 0.223 e. The SMILES string of the molecule is C[C@@H](Nc1cc(Cl)nc(N)n1)[C@H]1C[C@H]2CC[C@H]1C2. The van der Waals surface area contributed by atoms with Crippen molar-refractivity contribution in [3.8, 4) is 0 Å². The van der Waals surface area contributed by atoms with Crippen molar-refractivity contribution in [3.05, 3.63) is 11.2 Å². The van der Waals surface area contributed by atoms with E-state index in [1.807, 2.05) is 0 Å². The highest BCUT2D eigenvalue weighted by Crippen LogP contribution is 2.49. The normalized spacial score (nSPS) is 31.6. The number of nitrogens with two attached hydrogens (primary N) is 1. The van der Waals surface area contributed by atoms with Crippen molar-refractivity contribution in [1.29, 1.82) is 0 Å². The number of hydrogen-bond donors (Lipinski definition) is 2. The van der Waals surface area contributed by atoms with Crippen LogP contribution in [-0.2, 0) is 0 Å². The molecule has 0 spiro atoms. The lowest BCUT2D eigenvalue weighted by Crippen LogP contribution is -2.30. The molecule has 1 aromatic rings. The van der Waals surface area contributed by atoms with Crippen LogP contribution >= 0.6 is 11.6 Å². The Labute approximate surface area is 112 Å². The second-order valence-electron chi connectivity index (χ2n) is 5.71. The average Bonchev–Trinajstić information content (AvgIpc) is 2.88. The van der Waals surface area contributed by atoms with Gasteiger partial charge in [0.15, 0.2) is 0 Å². The first-order valence-electron chi connectivity index (χ1n) is 6.68. The lowest BCUT2D eigenvalue weighted by molar-refractivity contribution is 0.304. The van der Waals surface area contributed by atoms with E-state index in [4.69, 9.17) is 17.3 Å². The Hall–Kier alpha value is -1.03. The molecule has 0 radical (unpaired) electrons. The van der Waals surface area contributed by atoms with Crippen molar-refractivity contribution in [2.24, 2.45) is 17.8 Å². The molecule has 18 heavy (non-hydrogen) atoms. The molecule has 4 atom stereocenters. The molecule has 2 aliphatic carbocycles. The second kappa shape index (κ2) is 4.57. The Morgan fingerprint density at radius 3 is 2.83 bits per heavy atom. The van der Waals surface area contributed by atoms with E-state index in [0.29, 0.717) is 11.2 Å². The molecule has 2 bridgehead atoms. The Morgan fingerprint density at radius 2 is 2.22 bits per heavy atom. The summed E-state index contributed by atoms with van der Waals surface area (Å²) in [4.78, 5) is 8.05. The van der Waals surface area contributed by atoms with Crippen LogP contribution in [0.4, 0.5) is 11.8 Å². The molecule has 2 fully saturated rings. The minimum absolute atomic E-state index is 0.227. The van der Waals surface area contributed by atoms with Crippen LogP contribution in [0.5, 0.6) is 0 Å². The molecule has 0 saturated heterocycles. The van der Waals surface area contributed by atoms with Gasteiger partial charge in [-0.2, -0.15) is 4.98 Å². The zero-order valence-electron chi connectivity index (χ0n) is 10.6. The summed E-state index contributed by atoms with van der Waals surface area (Å²) in [7, 11) is 0. The highest BCUT2D eigenvalue weighted by Gasteiger charge is 2.41. The van der Waals surface area contributed by atoms with Crippen LogP contribution in [0, 0.1) is 17.8 Å². The van der Waals surface area contributed by atoms with Crippen molar-refractivity contribution in [2.75, 3.05) is 11.1 Å². The predicted molar refractivity (Wildman–Crippen MR) is 73.5 cm³/mol. The van der Waals surface area contributed by atoms with Crippen LogP contribution in [0.1, 0.15) is 32.6 Å². The zero-order valence-corrected chi connectivity index (χ0v) is 11.3. The van der Waals surface area contributed by atoms with E-state index >= 15 is 0 Å². The quantitative estimate of drug-likeness (QED) is 0.826. The Bertz CT molecular complexity index is 430. The van der Waals surface area contributed by atoms with E-state index in [1.54, 1.807) is 6.07 Å². The van der Waals surface area contributed by atoms with E-state index in [2.05, 4.69) is 22.2 Å². The molecule has 3 N–H and O–H groups in total. The van der Waals surface area contributed by atoms with Crippen LogP contribution in [0.25, 0.3) is 0 Å². The summed E-state index contributed by atoms with van der Waals surface area (Å²) < 4.78 is 0. The standard InChI is InChI=1S/C13H19ClN4/c1-7(10-5-8-2-3-9(10)4-8)16-12-6-11(14)17-13(15)18-12/h6-10H,2-5H2,1H3,(H3,15,16,17,18)/t7-,8+,9+,10-/m1/s1. The molecule has 2 aliphatic rings. The van der Waals surface area contributed by atoms with Gasteiger partial charge in [-0.1, -0.05) is 18.0 Å². The van der Waals surface area contributed by atoms with Gasteiger partial charge < -0.3 is 11.1 Å². The predicted octanol–water partition coefficient (Wildman–Crippen LogP) is 2.95. The summed E-state index contributed by atoms with van der Waals surface area (Å²) >= 11 is 5.89. The van der Waals surface area contributed by atoms with Crippen molar-refractivity contribution < 1.29 is 0 Å². The molecule has 1 aromatic heterocycles. The van der Waals surface area contributed by atoms with Gasteiger partial charge in [-0.3, -0.25) is 0 Å². The van der Waals surface area contributed by atoms with Crippen LogP contribution in [0.2, 0.25) is 5.15 Å². The maximum atomic E-state index is 5.89. The smallest absolute Gasteiger partial charge is 0.223 e. The third-order valence-electron chi connectivity index (χ3n) is 4.52. The van der Waals surface area contributed by atoms with Gasteiger partial charge >= 0.3 is 0 Å². The van der Waals surface area contributed by atoms with Gasteiger partial charge in [-0.05, 0) is 43.9 Å². The Kier molecular flexibility index (Phi) is 3.06. The number of anilines is 2. The van der Waals surface area contributed by atoms with Gasteiger partial charge in [-0.25, -0.2) is 4.98 Å². The number of nitrogens with zero attached hydrogens (tertiary/aromatic N) is 2. The summed E-state index contributed by atoms with van der Waals surface area (Å²) in [5.41, 5.74) is 5.60. The van der Waals surface area contributed by atoms with Crippen molar-refractivity contribution >= 4 is 23.4 Å². The molecule has 0 aliphatic heterocycles. The number of halogens is 1. The number of aromatic nitrogens is 2. The number of hydrogen-bond acceptors (Lipinski definition) is 4. The summed E-state index contributed by atoms with van der Waals surface area (Å²) in [6.07, 6.45) is 5.60. The molecule has 5 heteroatoms. The number of nitrogen functional groups attached to an aromatic ring is 1. The van der Waals surface area contributed by atoms with Gasteiger partial charge in [-0.15, -0.1) is 0 Å². The first kappa shape index (κ1) is 12.0. The van der Waals surface area contributed by atoms with E-state index in [9.17, 15) is 0 Å². The lowest BCUT2D eigenvalue weighted by Gasteiger charge is -2.28. The van der Waals surface area contributed by atoms with Crippen molar-refractivity contribution in [3.63, 3.8) is 0 Å². The third kappa shape index (κ3) is 2.26. The zero-order chi connectivity index (χ0) is 12.7. The highest BCUT2D eigenvalue weighted by atomic mass is 35.5. The van der Waals surface area contributed by atoms with Crippen molar-refractivity contribution in [1.82, 2.24) is 9.97 Å². The largest absolute Gasteiger partial charge is 0.368 e. The summed E-state index contributed by atoms with van der Waals surface area (Å²) in [5, 5.41) is 3.83. The van der Waals surface area contributed by atoms with Crippen LogP contribution < -0.4 is 11.1 Å². The summed E-state index contributed by atoms with van der Waals surface area (Å²) in [5.74, 6) is 3.59. The van der Waals surface area contributed by atoms with Gasteiger partial charge in [0.2, 0.25) is 5.95 Å². The topological polar surface area (TPSA) is 63.8 Å². The molecule has 3 rings (SSSR count). The van der Waals surface area contributed by atoms with E-state index in [-0.39, 0.29) is 5.95 Å². The molecule has 98 valence electrons. The second-order valence-corrected chi connectivity index (χ2v) is 6.09. The molecule has 0 unspecified atom stereocenters. The fraction of sp³-hybridized carbons (Fsp3) is 0.692. The molecule has 1 heterocycles. The molecule has 0 amide bonds. The van der Waals surface area contributed by atoms with Crippen LogP contribution in [0.15, 0.2) is 6.07 Å². The Balaban J connectivity index is 1.68.